The fourth-order valence-electron chi connectivity index (χ4n) is 2.97. The number of hydrazone groups is 1. The molecule has 0 bridgehead atoms. The third kappa shape index (κ3) is 4.12. The van der Waals surface area contributed by atoms with Crippen LogP contribution < -0.4 is 5.43 Å². The number of rotatable bonds is 5. The Hall–Kier alpha value is -2.23. The predicted molar refractivity (Wildman–Crippen MR) is 111 cm³/mol. The Labute approximate surface area is 164 Å². The predicted octanol–water partition coefficient (Wildman–Crippen LogP) is 5.83. The fraction of sp³-hybridized carbons (Fsp3) is 0.190. The maximum Gasteiger partial charge on any atom is 0.0580 e. The third-order valence-electron chi connectivity index (χ3n) is 4.37. The summed E-state index contributed by atoms with van der Waals surface area (Å²) in [6.07, 6.45) is 1.86. The number of benzene rings is 2. The number of hydrogen-bond acceptors (Lipinski definition) is 2. The molecule has 0 atom stereocenters. The lowest BCUT2D eigenvalue weighted by Gasteiger charge is -2.13. The van der Waals surface area contributed by atoms with Crippen LogP contribution in [0.15, 0.2) is 53.6 Å². The molecule has 0 saturated heterocycles. The van der Waals surface area contributed by atoms with E-state index in [0.29, 0.717) is 6.54 Å². The lowest BCUT2D eigenvalue weighted by molar-refractivity contribution is 0.748. The van der Waals surface area contributed by atoms with Gasteiger partial charge in [-0.2, -0.15) is 5.10 Å². The highest BCUT2D eigenvalue weighted by molar-refractivity contribution is 6.31. The van der Waals surface area contributed by atoms with Crippen molar-refractivity contribution in [2.75, 3.05) is 0 Å². The maximum atomic E-state index is 6.19. The van der Waals surface area contributed by atoms with Crippen molar-refractivity contribution in [3.05, 3.63) is 86.7 Å². The summed E-state index contributed by atoms with van der Waals surface area (Å²) in [5.74, 6) is 0. The number of aryl methyl sites for hydroxylation is 2. The summed E-state index contributed by atoms with van der Waals surface area (Å²) in [6, 6.07) is 15.8. The van der Waals surface area contributed by atoms with E-state index >= 15 is 0 Å². The number of nitrogens with zero attached hydrogens (tertiary/aromatic N) is 2. The molecular formula is C21H21Cl2N3. The van der Waals surface area contributed by atoms with Crippen LogP contribution in [0.5, 0.6) is 0 Å². The molecule has 26 heavy (non-hydrogen) atoms. The molecule has 134 valence electrons. The van der Waals surface area contributed by atoms with Crippen LogP contribution >= 0.6 is 23.2 Å². The van der Waals surface area contributed by atoms with Gasteiger partial charge in [-0.3, -0.25) is 0 Å². The second kappa shape index (κ2) is 7.98. The third-order valence-corrected chi connectivity index (χ3v) is 4.86. The van der Waals surface area contributed by atoms with Gasteiger partial charge in [-0.05, 0) is 62.2 Å². The zero-order valence-corrected chi connectivity index (χ0v) is 16.6. The number of hydrogen-bond donors (Lipinski definition) is 1. The van der Waals surface area contributed by atoms with Crippen molar-refractivity contribution in [2.24, 2.45) is 5.10 Å². The quantitative estimate of drug-likeness (QED) is 0.434. The molecule has 3 aromatic rings. The zero-order valence-electron chi connectivity index (χ0n) is 15.1. The number of halogens is 2. The molecule has 1 heterocycles. The van der Waals surface area contributed by atoms with E-state index < -0.39 is 0 Å². The van der Waals surface area contributed by atoms with E-state index in [1.165, 1.54) is 5.56 Å². The second-order valence-corrected chi connectivity index (χ2v) is 7.19. The smallest absolute Gasteiger partial charge is 0.0580 e. The van der Waals surface area contributed by atoms with E-state index in [1.807, 2.05) is 48.7 Å². The molecule has 3 rings (SSSR count). The summed E-state index contributed by atoms with van der Waals surface area (Å²) in [5.41, 5.74) is 9.84. The lowest BCUT2D eigenvalue weighted by atomic mass is 10.2. The van der Waals surface area contributed by atoms with Crippen LogP contribution in [0.4, 0.5) is 0 Å². The van der Waals surface area contributed by atoms with Crippen molar-refractivity contribution in [3.8, 4) is 5.69 Å². The molecule has 0 spiro atoms. The molecule has 0 aliphatic rings. The first-order chi connectivity index (χ1) is 12.5. The van der Waals surface area contributed by atoms with Crippen molar-refractivity contribution in [1.29, 1.82) is 0 Å². The lowest BCUT2D eigenvalue weighted by Crippen LogP contribution is -2.06. The standard InChI is InChI=1S/C21H21Cl2N3/c1-14-4-7-20(23)11-21(14)26-15(2)10-18(16(26)3)13-25-24-12-17-5-8-19(22)9-6-17/h4-11,13,24H,12H2,1-3H3/b25-13-. The van der Waals surface area contributed by atoms with Crippen molar-refractivity contribution in [3.63, 3.8) is 0 Å². The maximum absolute atomic E-state index is 6.19. The number of nitrogens with one attached hydrogen (secondary N) is 1. The first-order valence-corrected chi connectivity index (χ1v) is 9.17. The Kier molecular flexibility index (Phi) is 5.70. The Bertz CT molecular complexity index is 941. The van der Waals surface area contributed by atoms with Crippen LogP contribution in [-0.4, -0.2) is 10.8 Å². The fourth-order valence-corrected chi connectivity index (χ4v) is 3.26. The first-order valence-electron chi connectivity index (χ1n) is 8.41. The average Bonchev–Trinajstić information content (AvgIpc) is 2.89. The minimum absolute atomic E-state index is 0.653. The van der Waals surface area contributed by atoms with Crippen LogP contribution in [0, 0.1) is 20.8 Å². The highest BCUT2D eigenvalue weighted by atomic mass is 35.5. The van der Waals surface area contributed by atoms with Gasteiger partial charge < -0.3 is 9.99 Å². The highest BCUT2D eigenvalue weighted by Crippen LogP contribution is 2.25. The second-order valence-electron chi connectivity index (χ2n) is 6.31. The van der Waals surface area contributed by atoms with Gasteiger partial charge in [0.1, 0.15) is 0 Å². The Balaban J connectivity index is 1.77. The van der Waals surface area contributed by atoms with Gasteiger partial charge in [-0.15, -0.1) is 0 Å². The minimum atomic E-state index is 0.653. The van der Waals surface area contributed by atoms with Crippen LogP contribution in [0.25, 0.3) is 5.69 Å². The monoisotopic (exact) mass is 385 g/mol. The summed E-state index contributed by atoms with van der Waals surface area (Å²) in [7, 11) is 0. The summed E-state index contributed by atoms with van der Waals surface area (Å²) in [4.78, 5) is 0. The van der Waals surface area contributed by atoms with Crippen molar-refractivity contribution in [1.82, 2.24) is 9.99 Å². The molecule has 0 aliphatic heterocycles. The average molecular weight is 386 g/mol. The van der Waals surface area contributed by atoms with E-state index in [4.69, 9.17) is 23.2 Å². The number of aromatic nitrogens is 1. The molecule has 2 aromatic carbocycles. The van der Waals surface area contributed by atoms with E-state index in [1.54, 1.807) is 0 Å². The first kappa shape index (κ1) is 18.6. The highest BCUT2D eigenvalue weighted by Gasteiger charge is 2.11. The molecule has 0 radical (unpaired) electrons. The Morgan fingerprint density at radius 3 is 2.38 bits per heavy atom. The van der Waals surface area contributed by atoms with Gasteiger partial charge >= 0.3 is 0 Å². The Morgan fingerprint density at radius 1 is 0.962 bits per heavy atom. The summed E-state index contributed by atoms with van der Waals surface area (Å²) in [5, 5.41) is 5.83. The van der Waals surface area contributed by atoms with Crippen LogP contribution in [-0.2, 0) is 6.54 Å². The molecular weight excluding hydrogens is 365 g/mol. The van der Waals surface area contributed by atoms with Crippen LogP contribution in [0.1, 0.15) is 28.1 Å². The molecule has 0 saturated carbocycles. The van der Waals surface area contributed by atoms with Gasteiger partial charge in [0.15, 0.2) is 0 Å². The SMILES string of the molecule is Cc1ccc(Cl)cc1-n1c(C)cc(/C=N\NCc2ccc(Cl)cc2)c1C. The van der Waals surface area contributed by atoms with Gasteiger partial charge in [-0.25, -0.2) is 0 Å². The van der Waals surface area contributed by atoms with Gasteiger partial charge in [-0.1, -0.05) is 41.4 Å². The molecule has 0 amide bonds. The van der Waals surface area contributed by atoms with E-state index in [0.717, 1.165) is 38.2 Å². The van der Waals surface area contributed by atoms with Gasteiger partial charge in [0.25, 0.3) is 0 Å². The summed E-state index contributed by atoms with van der Waals surface area (Å²) >= 11 is 12.1. The Morgan fingerprint density at radius 2 is 1.65 bits per heavy atom. The molecule has 5 heteroatoms. The van der Waals surface area contributed by atoms with Crippen molar-refractivity contribution >= 4 is 29.4 Å². The van der Waals surface area contributed by atoms with Gasteiger partial charge in [0.2, 0.25) is 0 Å². The van der Waals surface area contributed by atoms with E-state index in [2.05, 4.69) is 41.9 Å². The summed E-state index contributed by atoms with van der Waals surface area (Å²) < 4.78 is 2.21. The molecule has 0 fully saturated rings. The van der Waals surface area contributed by atoms with Crippen LogP contribution in [0.3, 0.4) is 0 Å². The minimum Gasteiger partial charge on any atom is -0.318 e. The van der Waals surface area contributed by atoms with Gasteiger partial charge in [0.05, 0.1) is 12.8 Å². The van der Waals surface area contributed by atoms with Gasteiger partial charge in [0, 0.05) is 32.7 Å². The largest absolute Gasteiger partial charge is 0.318 e. The molecule has 0 unspecified atom stereocenters. The zero-order chi connectivity index (χ0) is 18.7. The molecule has 1 aromatic heterocycles. The molecule has 1 N–H and O–H groups in total. The van der Waals surface area contributed by atoms with E-state index in [9.17, 15) is 0 Å². The topological polar surface area (TPSA) is 29.3 Å². The van der Waals surface area contributed by atoms with Crippen molar-refractivity contribution < 1.29 is 0 Å². The molecule has 3 nitrogen and oxygen atoms in total. The normalized spacial score (nSPS) is 11.3. The van der Waals surface area contributed by atoms with Crippen molar-refractivity contribution in [2.45, 2.75) is 27.3 Å². The van der Waals surface area contributed by atoms with E-state index in [-0.39, 0.29) is 0 Å². The summed E-state index contributed by atoms with van der Waals surface area (Å²) in [6.45, 7) is 6.92. The molecule has 0 aliphatic carbocycles. The van der Waals surface area contributed by atoms with Crippen LogP contribution in [0.2, 0.25) is 10.0 Å².